The number of benzene rings is 1. The van der Waals surface area contributed by atoms with E-state index in [4.69, 9.17) is 0 Å². The summed E-state index contributed by atoms with van der Waals surface area (Å²) >= 11 is 5.09. The molecule has 0 aliphatic rings. The first-order valence-corrected chi connectivity index (χ1v) is 6.61. The first kappa shape index (κ1) is 12.4. The first-order valence-electron chi connectivity index (χ1n) is 4.94. The average molecular weight is 284 g/mol. The van der Waals surface area contributed by atoms with Crippen molar-refractivity contribution < 1.29 is 0 Å². The van der Waals surface area contributed by atoms with Crippen LogP contribution in [-0.4, -0.2) is 4.98 Å². The molecule has 0 unspecified atom stereocenters. The number of rotatable bonds is 1. The molecule has 1 aromatic heterocycles. The van der Waals surface area contributed by atoms with Gasteiger partial charge in [-0.05, 0) is 19.1 Å². The van der Waals surface area contributed by atoms with E-state index in [1.54, 1.807) is 11.3 Å². The van der Waals surface area contributed by atoms with Gasteiger partial charge in [0.15, 0.2) is 0 Å². The summed E-state index contributed by atoms with van der Waals surface area (Å²) in [6.07, 6.45) is 0. The smallest absolute Gasteiger partial charge is 0.123 e. The van der Waals surface area contributed by atoms with Crippen molar-refractivity contribution in [3.8, 4) is 10.6 Å². The van der Waals surface area contributed by atoms with E-state index in [2.05, 4.69) is 38.4 Å². The average Bonchev–Trinajstić information content (AvgIpc) is 2.69. The van der Waals surface area contributed by atoms with Gasteiger partial charge in [-0.2, -0.15) is 0 Å². The van der Waals surface area contributed by atoms with Crippen molar-refractivity contribution in [1.29, 1.82) is 0 Å². The van der Waals surface area contributed by atoms with Gasteiger partial charge >= 0.3 is 0 Å². The third-order valence-corrected chi connectivity index (χ3v) is 3.25. The van der Waals surface area contributed by atoms with Crippen molar-refractivity contribution >= 4 is 27.3 Å². The first-order chi connectivity index (χ1) is 7.25. The number of aromatic nitrogens is 1. The van der Waals surface area contributed by atoms with E-state index in [1.807, 2.05) is 32.9 Å². The fourth-order valence-electron chi connectivity index (χ4n) is 1.08. The summed E-state index contributed by atoms with van der Waals surface area (Å²) < 4.78 is 1.10. The quantitative estimate of drug-likeness (QED) is 0.725. The zero-order chi connectivity index (χ0) is 11.3. The Kier molecular flexibility index (Phi) is 4.99. The maximum absolute atomic E-state index is 4.41. The maximum atomic E-state index is 4.41. The molecule has 3 heteroatoms. The largest absolute Gasteiger partial charge is 0.241 e. The van der Waals surface area contributed by atoms with Crippen LogP contribution in [0.25, 0.3) is 10.6 Å². The molecule has 0 saturated carbocycles. The van der Waals surface area contributed by atoms with Crippen molar-refractivity contribution in [1.82, 2.24) is 4.98 Å². The zero-order valence-electron chi connectivity index (χ0n) is 9.12. The molecule has 0 amide bonds. The summed E-state index contributed by atoms with van der Waals surface area (Å²) in [4.78, 5) is 4.41. The Morgan fingerprint density at radius 2 is 1.73 bits per heavy atom. The van der Waals surface area contributed by atoms with E-state index >= 15 is 0 Å². The highest BCUT2D eigenvalue weighted by Crippen LogP contribution is 2.24. The van der Waals surface area contributed by atoms with E-state index in [1.165, 1.54) is 5.56 Å². The van der Waals surface area contributed by atoms with Crippen LogP contribution in [0.3, 0.4) is 0 Å². The molecule has 0 radical (unpaired) electrons. The second kappa shape index (κ2) is 6.03. The molecule has 0 fully saturated rings. The zero-order valence-corrected chi connectivity index (χ0v) is 11.5. The van der Waals surface area contributed by atoms with Crippen LogP contribution in [0.4, 0.5) is 0 Å². The van der Waals surface area contributed by atoms with E-state index < -0.39 is 0 Å². The Morgan fingerprint density at radius 1 is 1.13 bits per heavy atom. The molecule has 0 spiro atoms. The molecule has 0 aliphatic heterocycles. The number of thiazole rings is 1. The molecular formula is C12H14BrNS. The molecule has 0 N–H and O–H groups in total. The predicted molar refractivity (Wildman–Crippen MR) is 71.3 cm³/mol. The Hall–Kier alpha value is -0.670. The minimum atomic E-state index is 1.09. The van der Waals surface area contributed by atoms with Gasteiger partial charge < -0.3 is 0 Å². The van der Waals surface area contributed by atoms with Crippen LogP contribution in [0.1, 0.15) is 19.5 Å². The molecular weight excluding hydrogens is 270 g/mol. The summed E-state index contributed by atoms with van der Waals surface area (Å²) in [6, 6.07) is 8.21. The normalized spacial score (nSPS) is 9.33. The number of nitrogens with zero attached hydrogens (tertiary/aromatic N) is 1. The lowest BCUT2D eigenvalue weighted by Crippen LogP contribution is -1.75. The van der Waals surface area contributed by atoms with Crippen LogP contribution in [0, 0.1) is 6.92 Å². The fourth-order valence-corrected chi connectivity index (χ4v) is 2.15. The van der Waals surface area contributed by atoms with Gasteiger partial charge in [-0.3, -0.25) is 0 Å². The molecule has 0 saturated heterocycles. The van der Waals surface area contributed by atoms with Crippen molar-refractivity contribution in [2.24, 2.45) is 0 Å². The molecule has 0 aliphatic carbocycles. The predicted octanol–water partition coefficient (Wildman–Crippen LogP) is 4.91. The van der Waals surface area contributed by atoms with Crippen molar-refractivity contribution in [3.05, 3.63) is 39.8 Å². The van der Waals surface area contributed by atoms with E-state index in [0.29, 0.717) is 0 Å². The third kappa shape index (κ3) is 3.43. The molecule has 2 rings (SSSR count). The second-order valence-corrected chi connectivity index (χ2v) is 4.57. The summed E-state index contributed by atoms with van der Waals surface area (Å²) in [7, 11) is 0. The van der Waals surface area contributed by atoms with Crippen LogP contribution in [-0.2, 0) is 0 Å². The van der Waals surface area contributed by atoms with Gasteiger partial charge in [-0.25, -0.2) is 4.98 Å². The summed E-state index contributed by atoms with van der Waals surface area (Å²) in [5.41, 5.74) is 2.27. The third-order valence-electron chi connectivity index (χ3n) is 1.71. The highest BCUT2D eigenvalue weighted by atomic mass is 79.9. The van der Waals surface area contributed by atoms with Crippen molar-refractivity contribution in [2.45, 2.75) is 20.8 Å². The number of halogens is 1. The monoisotopic (exact) mass is 283 g/mol. The van der Waals surface area contributed by atoms with Gasteiger partial charge in [0.1, 0.15) is 5.01 Å². The molecule has 1 nitrogen and oxygen atoms in total. The topological polar surface area (TPSA) is 12.9 Å². The van der Waals surface area contributed by atoms with E-state index in [9.17, 15) is 0 Å². The number of hydrogen-bond acceptors (Lipinski definition) is 2. The fraction of sp³-hybridized carbons (Fsp3) is 0.250. The Labute approximate surface area is 103 Å². The van der Waals surface area contributed by atoms with Gasteiger partial charge in [0.2, 0.25) is 0 Å². The lowest BCUT2D eigenvalue weighted by Gasteiger charge is -1.95. The maximum Gasteiger partial charge on any atom is 0.123 e. The van der Waals surface area contributed by atoms with Crippen LogP contribution in [0.2, 0.25) is 0 Å². The molecule has 1 aromatic carbocycles. The van der Waals surface area contributed by atoms with Crippen molar-refractivity contribution in [2.75, 3.05) is 0 Å². The van der Waals surface area contributed by atoms with Crippen LogP contribution in [0.15, 0.2) is 34.1 Å². The van der Waals surface area contributed by atoms with Gasteiger partial charge in [0.05, 0.1) is 0 Å². The van der Waals surface area contributed by atoms with Gasteiger partial charge in [0, 0.05) is 21.1 Å². The van der Waals surface area contributed by atoms with Crippen molar-refractivity contribution in [3.63, 3.8) is 0 Å². The lowest BCUT2D eigenvalue weighted by atomic mass is 10.2. The van der Waals surface area contributed by atoms with Gasteiger partial charge in [-0.1, -0.05) is 41.9 Å². The standard InChI is InChI=1S/C10H8BrNS.C2H6/c1-7-6-13-10(12-7)8-2-4-9(11)5-3-8;1-2/h2-6H,1H3;1-2H3. The summed E-state index contributed by atoms with van der Waals surface area (Å²) in [6.45, 7) is 6.01. The second-order valence-electron chi connectivity index (χ2n) is 2.80. The molecule has 0 atom stereocenters. The Bertz CT molecular complexity index is 406. The van der Waals surface area contributed by atoms with Crippen LogP contribution < -0.4 is 0 Å². The van der Waals surface area contributed by atoms with Crippen LogP contribution in [0.5, 0.6) is 0 Å². The highest BCUT2D eigenvalue weighted by Gasteiger charge is 2.00. The van der Waals surface area contributed by atoms with Gasteiger partial charge in [0.25, 0.3) is 0 Å². The molecule has 0 bridgehead atoms. The summed E-state index contributed by atoms with van der Waals surface area (Å²) in [5, 5.41) is 3.15. The number of hydrogen-bond donors (Lipinski definition) is 0. The van der Waals surface area contributed by atoms with E-state index in [-0.39, 0.29) is 0 Å². The lowest BCUT2D eigenvalue weighted by molar-refractivity contribution is 1.27. The Balaban J connectivity index is 0.000000531. The Morgan fingerprint density at radius 3 is 2.20 bits per heavy atom. The highest BCUT2D eigenvalue weighted by molar-refractivity contribution is 9.10. The molecule has 15 heavy (non-hydrogen) atoms. The van der Waals surface area contributed by atoms with Crippen LogP contribution >= 0.6 is 27.3 Å². The molecule has 80 valence electrons. The molecule has 2 aromatic rings. The molecule has 1 heterocycles. The number of aryl methyl sites for hydroxylation is 1. The summed E-state index contributed by atoms with van der Waals surface area (Å²) in [5.74, 6) is 0. The minimum Gasteiger partial charge on any atom is -0.241 e. The SMILES string of the molecule is CC.Cc1csc(-c2ccc(Br)cc2)n1. The van der Waals surface area contributed by atoms with E-state index in [0.717, 1.165) is 15.2 Å². The minimum absolute atomic E-state index is 1.09. The van der Waals surface area contributed by atoms with Gasteiger partial charge in [-0.15, -0.1) is 11.3 Å².